The fourth-order valence-corrected chi connectivity index (χ4v) is 6.19. The summed E-state index contributed by atoms with van der Waals surface area (Å²) in [6.07, 6.45) is 1.71. The highest BCUT2D eigenvalue weighted by Crippen LogP contribution is 2.40. The number of aromatic hydroxyl groups is 1. The lowest BCUT2D eigenvalue weighted by Gasteiger charge is -2.38. The average molecular weight is 647 g/mol. The molecule has 46 heavy (non-hydrogen) atoms. The number of carbonyl (C=O) groups excluding carboxylic acids is 2. The number of carbonyl (C=O) groups is 2. The second kappa shape index (κ2) is 14.4. The number of likely N-dealkylation sites (tertiary alicyclic amines) is 1. The van der Waals surface area contributed by atoms with Gasteiger partial charge in [0.05, 0.1) is 31.9 Å². The van der Waals surface area contributed by atoms with Gasteiger partial charge in [-0.15, -0.1) is 0 Å². The summed E-state index contributed by atoms with van der Waals surface area (Å²) in [4.78, 5) is 30.4. The van der Waals surface area contributed by atoms with Gasteiger partial charge in [0, 0.05) is 24.7 Å². The van der Waals surface area contributed by atoms with Crippen LogP contribution in [0.15, 0.2) is 36.4 Å². The van der Waals surface area contributed by atoms with Gasteiger partial charge in [-0.25, -0.2) is 18.4 Å². The first kappa shape index (κ1) is 35.3. The number of hydrogen-bond donors (Lipinski definition) is 1. The summed E-state index contributed by atoms with van der Waals surface area (Å²) in [6, 6.07) is 8.38. The Hall–Kier alpha value is -3.60. The molecular formula is C35H48F2N2O7. The van der Waals surface area contributed by atoms with Gasteiger partial charge in [0.25, 0.3) is 0 Å². The van der Waals surface area contributed by atoms with Crippen molar-refractivity contribution in [3.8, 4) is 11.5 Å². The molecule has 1 saturated carbocycles. The van der Waals surface area contributed by atoms with E-state index in [-0.39, 0.29) is 30.7 Å². The first-order valence-corrected chi connectivity index (χ1v) is 16.0. The van der Waals surface area contributed by atoms with Crippen LogP contribution in [0.5, 0.6) is 11.5 Å². The maximum absolute atomic E-state index is 14.0. The van der Waals surface area contributed by atoms with Gasteiger partial charge in [-0.1, -0.05) is 12.1 Å². The average Bonchev–Trinajstić information content (AvgIpc) is 3.39. The first-order valence-electron chi connectivity index (χ1n) is 16.0. The minimum Gasteiger partial charge on any atom is -0.505 e. The van der Waals surface area contributed by atoms with Crippen molar-refractivity contribution in [2.24, 2.45) is 0 Å². The van der Waals surface area contributed by atoms with E-state index in [1.165, 1.54) is 6.07 Å². The molecule has 1 aliphatic heterocycles. The molecule has 1 saturated heterocycles. The first-order chi connectivity index (χ1) is 21.5. The van der Waals surface area contributed by atoms with E-state index in [0.29, 0.717) is 50.5 Å². The maximum atomic E-state index is 14.0. The SMILES string of the molecule is COc1ccc(CN(C(=O)OC(C)(C)C)[C@H]2CCN(C(=O)OC(C)(C)C)[C@H]2COC2CCC(c3cc(F)cc(F)c3O)CC2)cc1. The fourth-order valence-electron chi connectivity index (χ4n) is 6.19. The third-order valence-corrected chi connectivity index (χ3v) is 8.35. The van der Waals surface area contributed by atoms with Crippen LogP contribution >= 0.6 is 0 Å². The van der Waals surface area contributed by atoms with Crippen LogP contribution in [0.3, 0.4) is 0 Å². The number of methoxy groups -OCH3 is 1. The molecule has 4 rings (SSSR count). The zero-order valence-corrected chi connectivity index (χ0v) is 28.0. The Balaban J connectivity index is 1.54. The molecule has 11 heteroatoms. The molecule has 0 unspecified atom stereocenters. The highest BCUT2D eigenvalue weighted by atomic mass is 19.1. The summed E-state index contributed by atoms with van der Waals surface area (Å²) in [6.45, 7) is 11.6. The van der Waals surface area contributed by atoms with Gasteiger partial charge in [0.2, 0.25) is 0 Å². The number of ether oxygens (including phenoxy) is 4. The normalized spacial score (nSPS) is 22.0. The van der Waals surface area contributed by atoms with E-state index in [1.807, 2.05) is 45.0 Å². The lowest BCUT2D eigenvalue weighted by atomic mass is 9.82. The molecule has 2 fully saturated rings. The van der Waals surface area contributed by atoms with Crippen molar-refractivity contribution in [3.05, 3.63) is 59.2 Å². The van der Waals surface area contributed by atoms with Gasteiger partial charge in [0.15, 0.2) is 11.6 Å². The summed E-state index contributed by atoms with van der Waals surface area (Å²) >= 11 is 0. The number of benzene rings is 2. The van der Waals surface area contributed by atoms with Gasteiger partial charge in [-0.05, 0) is 103 Å². The van der Waals surface area contributed by atoms with E-state index in [0.717, 1.165) is 5.56 Å². The quantitative estimate of drug-likeness (QED) is 0.317. The molecule has 2 aromatic rings. The number of phenols is 1. The molecule has 0 radical (unpaired) electrons. The van der Waals surface area contributed by atoms with E-state index >= 15 is 0 Å². The molecule has 0 aromatic heterocycles. The minimum absolute atomic E-state index is 0.154. The Kier molecular flexibility index (Phi) is 11.1. The summed E-state index contributed by atoms with van der Waals surface area (Å²) in [7, 11) is 1.59. The smallest absolute Gasteiger partial charge is 0.410 e. The Morgan fingerprint density at radius 2 is 1.57 bits per heavy atom. The van der Waals surface area contributed by atoms with Crippen LogP contribution in [0.25, 0.3) is 0 Å². The summed E-state index contributed by atoms with van der Waals surface area (Å²) < 4.78 is 51.2. The molecule has 2 atom stereocenters. The van der Waals surface area contributed by atoms with Gasteiger partial charge in [-0.2, -0.15) is 0 Å². The van der Waals surface area contributed by atoms with Crippen LogP contribution in [0.4, 0.5) is 18.4 Å². The van der Waals surface area contributed by atoms with Gasteiger partial charge < -0.3 is 29.0 Å². The molecule has 1 aliphatic carbocycles. The Morgan fingerprint density at radius 1 is 0.935 bits per heavy atom. The molecule has 0 bridgehead atoms. The Bertz CT molecular complexity index is 1350. The van der Waals surface area contributed by atoms with Gasteiger partial charge >= 0.3 is 12.2 Å². The van der Waals surface area contributed by atoms with Crippen molar-refractivity contribution in [2.75, 3.05) is 20.3 Å². The monoisotopic (exact) mass is 646 g/mol. The van der Waals surface area contributed by atoms with E-state index in [1.54, 1.807) is 37.7 Å². The van der Waals surface area contributed by atoms with Crippen molar-refractivity contribution >= 4 is 12.2 Å². The van der Waals surface area contributed by atoms with Crippen molar-refractivity contribution in [1.82, 2.24) is 9.80 Å². The van der Waals surface area contributed by atoms with Crippen molar-refractivity contribution < 1.29 is 42.4 Å². The van der Waals surface area contributed by atoms with Crippen molar-refractivity contribution in [1.29, 1.82) is 0 Å². The minimum atomic E-state index is -0.966. The molecule has 1 N–H and O–H groups in total. The Morgan fingerprint density at radius 3 is 2.15 bits per heavy atom. The number of amides is 2. The third kappa shape index (κ3) is 9.24. The predicted molar refractivity (Wildman–Crippen MR) is 169 cm³/mol. The maximum Gasteiger partial charge on any atom is 0.410 e. The van der Waals surface area contributed by atoms with E-state index in [2.05, 4.69) is 0 Å². The van der Waals surface area contributed by atoms with Crippen LogP contribution in [-0.4, -0.2) is 76.7 Å². The molecular weight excluding hydrogens is 598 g/mol. The number of rotatable bonds is 8. The van der Waals surface area contributed by atoms with Crippen LogP contribution in [0.2, 0.25) is 0 Å². The standard InChI is InChI=1S/C35H48F2N2O7/c1-34(2,3)45-32(41)38-17-16-29(39(33(42)46-35(4,5)6)20-22-8-12-25(43-7)13-9-22)30(38)21-44-26-14-10-23(11-15-26)27-18-24(36)19-28(37)31(27)40/h8-9,12-13,18-19,23,26,29-30,40H,10-11,14-17,20-21H2,1-7H3/t23?,26?,29-,30-/m0/s1. The molecule has 9 nitrogen and oxygen atoms in total. The highest BCUT2D eigenvalue weighted by molar-refractivity contribution is 5.71. The van der Waals surface area contributed by atoms with Crippen molar-refractivity contribution in [3.63, 3.8) is 0 Å². The Labute approximate surface area is 270 Å². The van der Waals surface area contributed by atoms with Crippen molar-refractivity contribution in [2.45, 2.75) is 115 Å². The second-order valence-electron chi connectivity index (χ2n) is 14.2. The van der Waals surface area contributed by atoms with E-state index < -0.39 is 52.9 Å². The lowest BCUT2D eigenvalue weighted by molar-refractivity contribution is -0.0333. The third-order valence-electron chi connectivity index (χ3n) is 8.35. The van der Waals surface area contributed by atoms with Crippen LogP contribution in [0.1, 0.15) is 90.7 Å². The number of hydrogen-bond acceptors (Lipinski definition) is 7. The summed E-state index contributed by atoms with van der Waals surface area (Å²) in [5.41, 5.74) is -0.302. The van der Waals surface area contributed by atoms with Crippen LogP contribution in [-0.2, 0) is 20.8 Å². The molecule has 1 heterocycles. The largest absolute Gasteiger partial charge is 0.505 e. The second-order valence-corrected chi connectivity index (χ2v) is 14.2. The van der Waals surface area contributed by atoms with Gasteiger partial charge in [-0.3, -0.25) is 4.90 Å². The summed E-state index contributed by atoms with van der Waals surface area (Å²) in [5.74, 6) is -1.70. The summed E-state index contributed by atoms with van der Waals surface area (Å²) in [5, 5.41) is 10.2. The number of halogens is 2. The molecule has 0 spiro atoms. The molecule has 2 aromatic carbocycles. The molecule has 2 aliphatic rings. The highest BCUT2D eigenvalue weighted by Gasteiger charge is 2.45. The zero-order chi connectivity index (χ0) is 33.8. The van der Waals surface area contributed by atoms with Crippen LogP contribution < -0.4 is 4.74 Å². The van der Waals surface area contributed by atoms with Gasteiger partial charge in [0.1, 0.15) is 22.8 Å². The number of phenolic OH excluding ortho intramolecular Hbond substituents is 1. The molecule has 254 valence electrons. The fraction of sp³-hybridized carbons (Fsp3) is 0.600. The topological polar surface area (TPSA) is 97.8 Å². The molecule has 2 amide bonds. The predicted octanol–water partition coefficient (Wildman–Crippen LogP) is 7.54. The van der Waals surface area contributed by atoms with E-state index in [4.69, 9.17) is 18.9 Å². The zero-order valence-electron chi connectivity index (χ0n) is 28.0. The lowest BCUT2D eigenvalue weighted by Crippen LogP contribution is -2.53. The van der Waals surface area contributed by atoms with E-state index in [9.17, 15) is 23.5 Å². The van der Waals surface area contributed by atoms with Crippen LogP contribution in [0, 0.1) is 11.6 Å². The number of nitrogens with zero attached hydrogens (tertiary/aromatic N) is 2.